The third-order valence-corrected chi connectivity index (χ3v) is 14.1. The van der Waals surface area contributed by atoms with Crippen molar-refractivity contribution < 1.29 is 62.8 Å². The first-order chi connectivity index (χ1) is 34.7. The molecule has 2 unspecified atom stereocenters. The number of carbonyl (C=O) groups is 2. The van der Waals surface area contributed by atoms with Crippen LogP contribution in [0.4, 0.5) is 49.7 Å². The highest BCUT2D eigenvalue weighted by molar-refractivity contribution is 8.00. The van der Waals surface area contributed by atoms with Crippen molar-refractivity contribution in [2.45, 2.75) is 95.0 Å². The Bertz CT molecular complexity index is 2880. The van der Waals surface area contributed by atoms with E-state index in [2.05, 4.69) is 32.7 Å². The van der Waals surface area contributed by atoms with Gasteiger partial charge in [0.2, 0.25) is 12.3 Å². The summed E-state index contributed by atoms with van der Waals surface area (Å²) in [5.41, 5.74) is -1.39. The van der Waals surface area contributed by atoms with Crippen LogP contribution in [0.25, 0.3) is 22.0 Å². The second kappa shape index (κ2) is 24.6. The van der Waals surface area contributed by atoms with Gasteiger partial charge in [-0.2, -0.15) is 45.3 Å². The number of anilines is 1. The predicted octanol–water partition coefficient (Wildman–Crippen LogP) is 9.17. The molecule has 2 amide bonds. The van der Waals surface area contributed by atoms with Gasteiger partial charge in [0.05, 0.1) is 32.4 Å². The molecule has 1 aliphatic carbocycles. The van der Waals surface area contributed by atoms with Crippen molar-refractivity contribution in [3.05, 3.63) is 93.0 Å². The molecule has 3 atom stereocenters. The van der Waals surface area contributed by atoms with Gasteiger partial charge >= 0.3 is 12.4 Å². The molecule has 0 radical (unpaired) electrons. The summed E-state index contributed by atoms with van der Waals surface area (Å²) in [6, 6.07) is 7.79. The number of halogens is 11. The van der Waals surface area contributed by atoms with E-state index in [1.54, 1.807) is 12.1 Å². The van der Waals surface area contributed by atoms with Crippen LogP contribution in [-0.4, -0.2) is 114 Å². The highest BCUT2D eigenvalue weighted by Crippen LogP contribution is 2.52. The second-order valence-corrected chi connectivity index (χ2v) is 20.6. The number of carbonyl (C=O) groups excluding carboxylic acids is 2. The minimum atomic E-state index is -4.80. The van der Waals surface area contributed by atoms with Gasteiger partial charge in [-0.1, -0.05) is 30.5 Å². The van der Waals surface area contributed by atoms with Crippen LogP contribution in [0.5, 0.6) is 0 Å². The summed E-state index contributed by atoms with van der Waals surface area (Å²) in [5, 5.41) is 20.2. The maximum absolute atomic E-state index is 14.3. The molecular formula is C48H54ClF10N9O4S2. The summed E-state index contributed by atoms with van der Waals surface area (Å²) in [5.74, 6) is -0.572. The summed E-state index contributed by atoms with van der Waals surface area (Å²) >= 11 is 8.22. The lowest BCUT2D eigenvalue weighted by atomic mass is 9.94. The molecule has 404 valence electrons. The number of hydrogen-bond acceptors (Lipinski definition) is 10. The van der Waals surface area contributed by atoms with Crippen LogP contribution in [0.2, 0.25) is 5.02 Å². The van der Waals surface area contributed by atoms with E-state index in [9.17, 15) is 57.7 Å². The van der Waals surface area contributed by atoms with Crippen molar-refractivity contribution in [2.24, 2.45) is 0 Å². The number of fused-ring (bicyclic) bond motifs is 2. The second-order valence-electron chi connectivity index (χ2n) is 17.5. The molecule has 3 aromatic heterocycles. The molecule has 1 fully saturated rings. The number of alkyl halides is 8. The standard InChI is InChI=1S/C37H39ClF5N7O3S2.C10H11F5N2.CH4O/c1-36(2,54-3)11-9-26-5-6-27(33(46-26)30(45-22-51)19-23-17-24(39)20-25(40)18-23)28-7-8-29(38)32-34(28)49(21-37(41,42)43)47-35(32)50(55(4)53)31(52)10-14-48-15-12-44-13-16-48;1-3-17-8-6(5(2)4-9(8,11)12)7(16-17)10(13,14)15;1-2/h5-8,17-18,20,22,30,44H,10,12-16,19,21H2,1-4H3,(H,45,51);5H,3-4H2,1-2H3;2H,1H3/t;5-;/m.0./s1. The van der Waals surface area contributed by atoms with Gasteiger partial charge in [-0.15, -0.1) is 11.8 Å². The van der Waals surface area contributed by atoms with E-state index in [-0.39, 0.29) is 74.8 Å². The minimum Gasteiger partial charge on any atom is -0.400 e. The van der Waals surface area contributed by atoms with Crippen LogP contribution in [0.15, 0.2) is 42.5 Å². The lowest BCUT2D eigenvalue weighted by molar-refractivity contribution is -0.142. The van der Waals surface area contributed by atoms with Crippen LogP contribution in [0, 0.1) is 23.5 Å². The third-order valence-electron chi connectivity index (χ3n) is 11.8. The number of pyridine rings is 1. The molecule has 0 bridgehead atoms. The molecule has 74 heavy (non-hydrogen) atoms. The largest absolute Gasteiger partial charge is 0.435 e. The van der Waals surface area contributed by atoms with E-state index in [4.69, 9.17) is 21.7 Å². The Morgan fingerprint density at radius 3 is 2.24 bits per heavy atom. The van der Waals surface area contributed by atoms with Crippen LogP contribution in [0.1, 0.15) is 86.4 Å². The van der Waals surface area contributed by atoms with Crippen molar-refractivity contribution in [3.8, 4) is 23.0 Å². The zero-order valence-corrected chi connectivity index (χ0v) is 43.5. The Labute approximate surface area is 432 Å². The number of rotatable bonds is 14. The smallest absolute Gasteiger partial charge is 0.400 e. The molecule has 1 saturated heterocycles. The number of aryl methyl sites for hydroxylation is 1. The number of nitrogens with one attached hydrogen (secondary N) is 2. The fourth-order valence-corrected chi connectivity index (χ4v) is 9.65. The van der Waals surface area contributed by atoms with Crippen LogP contribution < -0.4 is 14.9 Å². The average molecular weight is 1110 g/mol. The van der Waals surface area contributed by atoms with E-state index in [0.717, 1.165) is 41.3 Å². The lowest BCUT2D eigenvalue weighted by Crippen LogP contribution is -2.45. The summed E-state index contributed by atoms with van der Waals surface area (Å²) < 4.78 is 152. The monoisotopic (exact) mass is 1110 g/mol. The number of aromatic nitrogens is 5. The van der Waals surface area contributed by atoms with Crippen molar-refractivity contribution >= 4 is 63.4 Å². The SMILES string of the molecule is CCn1nc(C(F)(F)F)c2c1C(F)(F)C[C@@H]2C.CO.CSC(C)(C)C#Cc1ccc(-c2ccc(Cl)c3c(N(C(=O)CCN4CCNCC4)S(C)=O)nn(CC(F)(F)F)c23)c(C(Cc2cc(F)cc(F)c2)NC=O)n1. The first-order valence-electron chi connectivity index (χ1n) is 22.8. The van der Waals surface area contributed by atoms with Crippen molar-refractivity contribution in [3.63, 3.8) is 0 Å². The summed E-state index contributed by atoms with van der Waals surface area (Å²) in [6.07, 6.45) is -6.83. The number of nitrogens with zero attached hydrogens (tertiary/aromatic N) is 7. The number of piperazine rings is 1. The van der Waals surface area contributed by atoms with E-state index in [1.165, 1.54) is 44.0 Å². The van der Waals surface area contributed by atoms with Crippen LogP contribution in [-0.2, 0) is 52.2 Å². The molecule has 0 spiro atoms. The van der Waals surface area contributed by atoms with Gasteiger partial charge in [-0.3, -0.25) is 19.0 Å². The molecule has 4 heterocycles. The van der Waals surface area contributed by atoms with Gasteiger partial charge in [-0.25, -0.2) is 22.3 Å². The van der Waals surface area contributed by atoms with E-state index < -0.39 is 87.9 Å². The zero-order chi connectivity index (χ0) is 55.1. The Morgan fingerprint density at radius 1 is 1.04 bits per heavy atom. The van der Waals surface area contributed by atoms with Gasteiger partial charge in [0, 0.05) is 88.2 Å². The molecule has 0 saturated carbocycles. The fraction of sp³-hybridized carbons (Fsp3) is 0.479. The number of benzene rings is 2. The zero-order valence-electron chi connectivity index (χ0n) is 41.1. The first-order valence-corrected chi connectivity index (χ1v) is 25.9. The fourth-order valence-electron chi connectivity index (χ4n) is 8.51. The predicted molar refractivity (Wildman–Crippen MR) is 264 cm³/mol. The summed E-state index contributed by atoms with van der Waals surface area (Å²) in [7, 11) is -1.07. The molecule has 3 N–H and O–H groups in total. The number of aliphatic hydroxyl groups is 1. The van der Waals surface area contributed by atoms with E-state index in [0.29, 0.717) is 36.8 Å². The number of hydrogen-bond donors (Lipinski definition) is 3. The molecule has 26 heteroatoms. The Balaban J connectivity index is 0.000000447. The average Bonchev–Trinajstić information content (AvgIpc) is 3.98. The maximum atomic E-state index is 14.3. The lowest BCUT2D eigenvalue weighted by Gasteiger charge is -2.27. The molecule has 13 nitrogen and oxygen atoms in total. The Morgan fingerprint density at radius 2 is 1.68 bits per heavy atom. The van der Waals surface area contributed by atoms with Crippen molar-refractivity contribution in [1.82, 2.24) is 40.1 Å². The van der Waals surface area contributed by atoms with Gasteiger partial charge in [0.15, 0.2) is 11.5 Å². The highest BCUT2D eigenvalue weighted by Gasteiger charge is 2.53. The molecule has 2 aromatic carbocycles. The maximum Gasteiger partial charge on any atom is 0.435 e. The quantitative estimate of drug-likeness (QED) is 0.0558. The van der Waals surface area contributed by atoms with Crippen molar-refractivity contribution in [2.75, 3.05) is 56.7 Å². The van der Waals surface area contributed by atoms with E-state index >= 15 is 0 Å². The normalized spacial score (nSPS) is 16.4. The van der Waals surface area contributed by atoms with E-state index in [1.807, 2.05) is 25.0 Å². The van der Waals surface area contributed by atoms with Gasteiger partial charge < -0.3 is 20.6 Å². The van der Waals surface area contributed by atoms with Gasteiger partial charge in [0.25, 0.3) is 5.92 Å². The summed E-state index contributed by atoms with van der Waals surface area (Å²) in [4.78, 5) is 32.5. The topological polar surface area (TPSA) is 151 Å². The first kappa shape index (κ1) is 59.6. The molecule has 2 aliphatic rings. The van der Waals surface area contributed by atoms with Crippen LogP contribution >= 0.6 is 23.4 Å². The number of thioether (sulfide) groups is 1. The molecule has 1 aliphatic heterocycles. The highest BCUT2D eigenvalue weighted by atomic mass is 35.5. The molecule has 7 rings (SSSR count). The Hall–Kier alpha value is -5.26. The van der Waals surface area contributed by atoms with Gasteiger partial charge in [0.1, 0.15) is 40.6 Å². The summed E-state index contributed by atoms with van der Waals surface area (Å²) in [6.45, 7) is 8.22. The third kappa shape index (κ3) is 14.4. The minimum absolute atomic E-state index is 0.000718. The van der Waals surface area contributed by atoms with Crippen LogP contribution in [0.3, 0.4) is 0 Å². The molecular weight excluding hydrogens is 1060 g/mol. The van der Waals surface area contributed by atoms with Crippen molar-refractivity contribution in [1.29, 1.82) is 0 Å². The number of amides is 2. The number of aliphatic hydroxyl groups excluding tert-OH is 1. The Kier molecular flexibility index (Phi) is 19.8. The van der Waals surface area contributed by atoms with Gasteiger partial charge in [-0.05, 0) is 81.2 Å². The molecule has 5 aromatic rings.